The molecule has 0 saturated carbocycles. The molecule has 8 heteroatoms. The highest BCUT2D eigenvalue weighted by Gasteiger charge is 2.14. The summed E-state index contributed by atoms with van der Waals surface area (Å²) in [6.07, 6.45) is 0.464. The van der Waals surface area contributed by atoms with E-state index >= 15 is 0 Å². The predicted octanol–water partition coefficient (Wildman–Crippen LogP) is 3.88. The number of benzene rings is 2. The smallest absolute Gasteiger partial charge is 0.257 e. The summed E-state index contributed by atoms with van der Waals surface area (Å²) >= 11 is 0. The van der Waals surface area contributed by atoms with E-state index < -0.39 is 0 Å². The van der Waals surface area contributed by atoms with Crippen LogP contribution in [0.1, 0.15) is 38.1 Å². The van der Waals surface area contributed by atoms with Crippen molar-refractivity contribution in [1.82, 2.24) is 20.4 Å². The minimum absolute atomic E-state index is 0.0598. The van der Waals surface area contributed by atoms with E-state index in [9.17, 15) is 9.59 Å². The van der Waals surface area contributed by atoms with Gasteiger partial charge in [0.2, 0.25) is 0 Å². The van der Waals surface area contributed by atoms with E-state index in [4.69, 9.17) is 8.94 Å². The van der Waals surface area contributed by atoms with Crippen molar-refractivity contribution in [3.63, 3.8) is 0 Å². The molecule has 2 heterocycles. The Labute approximate surface area is 191 Å². The normalized spacial score (nSPS) is 10.7. The molecule has 2 aromatic carbocycles. The second kappa shape index (κ2) is 9.95. The van der Waals surface area contributed by atoms with Crippen molar-refractivity contribution >= 4 is 11.8 Å². The molecule has 8 nitrogen and oxygen atoms in total. The van der Waals surface area contributed by atoms with Crippen LogP contribution in [0.15, 0.2) is 75.7 Å². The Morgan fingerprint density at radius 3 is 2.42 bits per heavy atom. The first-order chi connectivity index (χ1) is 16.0. The molecule has 33 heavy (non-hydrogen) atoms. The fourth-order valence-electron chi connectivity index (χ4n) is 3.26. The third kappa shape index (κ3) is 5.54. The van der Waals surface area contributed by atoms with Crippen LogP contribution in [0.5, 0.6) is 0 Å². The van der Waals surface area contributed by atoms with Gasteiger partial charge in [-0.3, -0.25) is 9.59 Å². The van der Waals surface area contributed by atoms with Gasteiger partial charge in [0.1, 0.15) is 11.5 Å². The lowest BCUT2D eigenvalue weighted by Gasteiger charge is -2.15. The molecule has 0 unspecified atom stereocenters. The van der Waals surface area contributed by atoms with Gasteiger partial charge in [-0.1, -0.05) is 23.4 Å². The second-order valence-corrected chi connectivity index (χ2v) is 7.63. The maximum atomic E-state index is 12.4. The van der Waals surface area contributed by atoms with Crippen molar-refractivity contribution in [1.29, 1.82) is 0 Å². The fourth-order valence-corrected chi connectivity index (χ4v) is 3.26. The molecule has 168 valence electrons. The predicted molar refractivity (Wildman–Crippen MR) is 121 cm³/mol. The Bertz CT molecular complexity index is 1230. The van der Waals surface area contributed by atoms with E-state index in [1.165, 1.54) is 0 Å². The first-order valence-corrected chi connectivity index (χ1v) is 10.6. The summed E-state index contributed by atoms with van der Waals surface area (Å²) in [5, 5.41) is 6.83. The van der Waals surface area contributed by atoms with E-state index in [-0.39, 0.29) is 11.8 Å². The topological polar surface area (TPSA) is 101 Å². The second-order valence-electron chi connectivity index (χ2n) is 7.63. The maximum absolute atomic E-state index is 12.4. The molecule has 0 bridgehead atoms. The highest BCUT2D eigenvalue weighted by Crippen LogP contribution is 2.18. The summed E-state index contributed by atoms with van der Waals surface area (Å²) < 4.78 is 10.8. The van der Waals surface area contributed by atoms with Crippen molar-refractivity contribution in [3.8, 4) is 11.5 Å². The number of carbonyl (C=O) groups is 2. The number of hydrogen-bond donors (Lipinski definition) is 1. The molecule has 0 radical (unpaired) electrons. The molecular weight excluding hydrogens is 420 g/mol. The van der Waals surface area contributed by atoms with Gasteiger partial charge in [0.25, 0.3) is 17.7 Å². The van der Waals surface area contributed by atoms with Crippen LogP contribution in [-0.4, -0.2) is 40.4 Å². The molecule has 4 rings (SSSR count). The summed E-state index contributed by atoms with van der Waals surface area (Å²) in [5.74, 6) is 2.11. The SMILES string of the molecule is Cc1ccc(CNC(=O)c2ccc(-c3nc(CCN(C)C(=O)c4ccccc4)no3)cc2)o1. The van der Waals surface area contributed by atoms with Crippen molar-refractivity contribution in [2.45, 2.75) is 19.9 Å². The molecule has 0 saturated heterocycles. The van der Waals surface area contributed by atoms with Crippen LogP contribution >= 0.6 is 0 Å². The van der Waals surface area contributed by atoms with Gasteiger partial charge in [0.05, 0.1) is 6.54 Å². The average Bonchev–Trinajstić information content (AvgIpc) is 3.50. The van der Waals surface area contributed by atoms with Crippen LogP contribution in [0.3, 0.4) is 0 Å². The molecule has 0 aliphatic rings. The molecule has 1 N–H and O–H groups in total. The largest absolute Gasteiger partial charge is 0.465 e. The average molecular weight is 444 g/mol. The molecule has 0 fully saturated rings. The summed E-state index contributed by atoms with van der Waals surface area (Å²) in [7, 11) is 1.74. The number of carbonyl (C=O) groups excluding carboxylic acids is 2. The van der Waals surface area contributed by atoms with E-state index in [0.29, 0.717) is 53.7 Å². The van der Waals surface area contributed by atoms with Crippen molar-refractivity contribution < 1.29 is 18.5 Å². The first kappa shape index (κ1) is 22.0. The minimum Gasteiger partial charge on any atom is -0.465 e. The maximum Gasteiger partial charge on any atom is 0.257 e. The van der Waals surface area contributed by atoms with Crippen LogP contribution in [0.25, 0.3) is 11.5 Å². The number of aryl methyl sites for hydroxylation is 1. The number of nitrogens with one attached hydrogen (secondary N) is 1. The Balaban J connectivity index is 1.31. The van der Waals surface area contributed by atoms with E-state index in [0.717, 1.165) is 5.76 Å². The zero-order chi connectivity index (χ0) is 23.2. The quantitative estimate of drug-likeness (QED) is 0.443. The molecule has 0 aliphatic carbocycles. The summed E-state index contributed by atoms with van der Waals surface area (Å²) in [4.78, 5) is 30.8. The van der Waals surface area contributed by atoms with Crippen LogP contribution in [0.4, 0.5) is 0 Å². The Morgan fingerprint density at radius 1 is 0.970 bits per heavy atom. The Hall–Kier alpha value is -4.20. The highest BCUT2D eigenvalue weighted by atomic mass is 16.5. The van der Waals surface area contributed by atoms with Crippen LogP contribution in [-0.2, 0) is 13.0 Å². The first-order valence-electron chi connectivity index (χ1n) is 10.6. The van der Waals surface area contributed by atoms with E-state index in [2.05, 4.69) is 15.5 Å². The lowest BCUT2D eigenvalue weighted by molar-refractivity contribution is 0.0795. The van der Waals surface area contributed by atoms with Gasteiger partial charge < -0.3 is 19.2 Å². The van der Waals surface area contributed by atoms with Gasteiger partial charge in [0.15, 0.2) is 5.82 Å². The van der Waals surface area contributed by atoms with Gasteiger partial charge in [-0.25, -0.2) is 0 Å². The zero-order valence-electron chi connectivity index (χ0n) is 18.4. The number of furan rings is 1. The zero-order valence-corrected chi connectivity index (χ0v) is 18.4. The molecule has 4 aromatic rings. The Kier molecular flexibility index (Phi) is 6.64. The van der Waals surface area contributed by atoms with Gasteiger partial charge in [-0.15, -0.1) is 0 Å². The molecule has 0 atom stereocenters. The monoisotopic (exact) mass is 444 g/mol. The molecule has 0 spiro atoms. The summed E-state index contributed by atoms with van der Waals surface area (Å²) in [6, 6.07) is 19.7. The fraction of sp³-hybridized carbons (Fsp3) is 0.200. The molecule has 0 aliphatic heterocycles. The minimum atomic E-state index is -0.201. The molecule has 2 aromatic heterocycles. The number of nitrogens with zero attached hydrogens (tertiary/aromatic N) is 3. The van der Waals surface area contributed by atoms with Crippen LogP contribution < -0.4 is 5.32 Å². The van der Waals surface area contributed by atoms with E-state index in [1.807, 2.05) is 37.3 Å². The lowest BCUT2D eigenvalue weighted by Crippen LogP contribution is -2.29. The van der Waals surface area contributed by atoms with E-state index in [1.54, 1.807) is 48.3 Å². The molecule has 2 amide bonds. The number of amides is 2. The third-order valence-corrected chi connectivity index (χ3v) is 5.12. The van der Waals surface area contributed by atoms with Crippen molar-refractivity contribution in [3.05, 3.63) is 95.2 Å². The number of likely N-dealkylation sites (N-methyl/N-ethyl adjacent to an activating group) is 1. The highest BCUT2D eigenvalue weighted by molar-refractivity contribution is 5.94. The molecular formula is C25H24N4O4. The van der Waals surface area contributed by atoms with Crippen LogP contribution in [0, 0.1) is 6.92 Å². The number of aromatic nitrogens is 2. The summed E-state index contributed by atoms with van der Waals surface area (Å²) in [5.41, 5.74) is 1.86. The van der Waals surface area contributed by atoms with Gasteiger partial charge in [0, 0.05) is 36.7 Å². The van der Waals surface area contributed by atoms with Crippen LogP contribution in [0.2, 0.25) is 0 Å². The summed E-state index contributed by atoms with van der Waals surface area (Å²) in [6.45, 7) is 2.64. The standard InChI is InChI=1S/C25H24N4O4/c1-17-8-13-21(32-17)16-26-23(30)18-9-11-19(12-10-18)24-27-22(28-33-24)14-15-29(2)25(31)20-6-4-3-5-7-20/h3-13H,14-16H2,1-2H3,(H,26,30). The van der Waals surface area contributed by atoms with Crippen molar-refractivity contribution in [2.24, 2.45) is 0 Å². The van der Waals surface area contributed by atoms with Gasteiger partial charge in [-0.2, -0.15) is 4.98 Å². The number of rotatable bonds is 8. The van der Waals surface area contributed by atoms with Gasteiger partial charge >= 0.3 is 0 Å². The number of hydrogen-bond acceptors (Lipinski definition) is 6. The third-order valence-electron chi connectivity index (χ3n) is 5.12. The van der Waals surface area contributed by atoms with Crippen molar-refractivity contribution in [2.75, 3.05) is 13.6 Å². The van der Waals surface area contributed by atoms with Gasteiger partial charge in [-0.05, 0) is 55.5 Å². The lowest BCUT2D eigenvalue weighted by atomic mass is 10.1. The Morgan fingerprint density at radius 2 is 1.73 bits per heavy atom.